The van der Waals surface area contributed by atoms with Crippen molar-refractivity contribution in [2.24, 2.45) is 22.9 Å². The standard InChI is InChI=1S/C18H36N4O11.C12H24O2/c19-2-6-10(25)12(27)13(28)18(30-6)33-16-5(21)1-4(20)15(14(16)29)32-17-11(26)8(22)9(24)7(3-23)31-17;1-2-3-4-5-6-7-8-9-10-11-12(13)14/h4-18,23-29H,1-3,19-22H2;2-11H2,1H3,(H,13,14)/t4-,5+,6-,7-,8+,9-,10-,11-,12+,13-,14-,15+,16-,17?,18-;/m1./s1. The van der Waals surface area contributed by atoms with E-state index in [0.29, 0.717) is 6.42 Å². The lowest BCUT2D eigenvalue weighted by atomic mass is 9.84. The summed E-state index contributed by atoms with van der Waals surface area (Å²) in [6, 6.07) is -2.86. The Hall–Kier alpha value is -1.13. The van der Waals surface area contributed by atoms with Crippen LogP contribution in [-0.4, -0.2) is 152 Å². The first kappa shape index (κ1) is 42.0. The van der Waals surface area contributed by atoms with Crippen LogP contribution < -0.4 is 22.9 Å². The summed E-state index contributed by atoms with van der Waals surface area (Å²) in [7, 11) is 0. The maximum absolute atomic E-state index is 10.9. The summed E-state index contributed by atoms with van der Waals surface area (Å²) >= 11 is 0. The largest absolute Gasteiger partial charge is 0.481 e. The Bertz CT molecular complexity index is 828. The highest BCUT2D eigenvalue weighted by Gasteiger charge is 2.51. The molecule has 1 unspecified atom stereocenters. The summed E-state index contributed by atoms with van der Waals surface area (Å²) in [6.07, 6.45) is -4.98. The molecule has 2 aliphatic heterocycles. The molecule has 0 aromatic carbocycles. The van der Waals surface area contributed by atoms with Crippen LogP contribution in [0.4, 0.5) is 0 Å². The van der Waals surface area contributed by atoms with Gasteiger partial charge in [0.15, 0.2) is 12.6 Å². The van der Waals surface area contributed by atoms with Crippen molar-refractivity contribution in [2.45, 2.75) is 169 Å². The smallest absolute Gasteiger partial charge is 0.303 e. The zero-order chi connectivity index (χ0) is 35.3. The van der Waals surface area contributed by atoms with E-state index < -0.39 is 104 Å². The number of hydrogen-bond donors (Lipinski definition) is 12. The van der Waals surface area contributed by atoms with Crippen LogP contribution in [0, 0.1) is 0 Å². The van der Waals surface area contributed by atoms with Gasteiger partial charge in [-0.15, -0.1) is 0 Å². The molecule has 16 N–H and O–H groups in total. The molecule has 1 saturated carbocycles. The molecule has 3 rings (SSSR count). The average Bonchev–Trinajstić information content (AvgIpc) is 3.04. The third kappa shape index (κ3) is 12.3. The van der Waals surface area contributed by atoms with Gasteiger partial charge in [-0.05, 0) is 12.8 Å². The lowest BCUT2D eigenvalue weighted by molar-refractivity contribution is -0.332. The van der Waals surface area contributed by atoms with Crippen molar-refractivity contribution in [1.82, 2.24) is 0 Å². The fourth-order valence-electron chi connectivity index (χ4n) is 5.99. The Labute approximate surface area is 276 Å². The van der Waals surface area contributed by atoms with Gasteiger partial charge < -0.3 is 82.7 Å². The van der Waals surface area contributed by atoms with E-state index in [-0.39, 0.29) is 13.0 Å². The molecule has 17 nitrogen and oxygen atoms in total. The normalized spacial score (nSPS) is 40.8. The van der Waals surface area contributed by atoms with Crippen molar-refractivity contribution in [2.75, 3.05) is 13.2 Å². The van der Waals surface area contributed by atoms with E-state index in [1.807, 2.05) is 0 Å². The van der Waals surface area contributed by atoms with Crippen molar-refractivity contribution in [3.8, 4) is 0 Å². The molecule has 2 saturated heterocycles. The number of ether oxygens (including phenoxy) is 4. The molecule has 0 spiro atoms. The molecule has 2 heterocycles. The molecule has 0 aromatic rings. The highest BCUT2D eigenvalue weighted by Crippen LogP contribution is 2.31. The molecule has 17 heteroatoms. The predicted octanol–water partition coefficient (Wildman–Crippen LogP) is -3.30. The van der Waals surface area contributed by atoms with Crippen LogP contribution in [-0.2, 0) is 23.7 Å². The van der Waals surface area contributed by atoms with Crippen LogP contribution in [0.1, 0.15) is 77.6 Å². The Kier molecular flexibility index (Phi) is 18.9. The summed E-state index contributed by atoms with van der Waals surface area (Å²) in [5.41, 5.74) is 23.5. The average molecular weight is 685 g/mol. The number of aliphatic hydroxyl groups is 7. The molecule has 15 atom stereocenters. The summed E-state index contributed by atoms with van der Waals surface area (Å²) in [5.74, 6) is -0.659. The van der Waals surface area contributed by atoms with Gasteiger partial charge in [-0.1, -0.05) is 58.3 Å². The van der Waals surface area contributed by atoms with Gasteiger partial charge in [0.05, 0.1) is 12.6 Å². The van der Waals surface area contributed by atoms with Gasteiger partial charge >= 0.3 is 5.97 Å². The molecular weight excluding hydrogens is 624 g/mol. The first-order valence-corrected chi connectivity index (χ1v) is 16.8. The number of rotatable bonds is 16. The molecule has 278 valence electrons. The molecule has 1 aliphatic carbocycles. The van der Waals surface area contributed by atoms with Gasteiger partial charge in [0, 0.05) is 25.0 Å². The Balaban J connectivity index is 0.000000463. The van der Waals surface area contributed by atoms with Crippen LogP contribution in [0.2, 0.25) is 0 Å². The van der Waals surface area contributed by atoms with E-state index in [0.717, 1.165) is 12.8 Å². The molecule has 3 aliphatic rings. The SMILES string of the molecule is CCCCCCCCCCCC(=O)O.NC[C@H]1O[C@H](O[C@H]2[C@H](O)[C@@H](OC3O[C@H](CO)[C@@H](O)[C@H](N)[C@H]3O)[C@H](N)C[C@@H]2N)[C@H](O)[C@@H](O)[C@@H]1O. The molecular formula is C30H60N4O13. The lowest BCUT2D eigenvalue weighted by Gasteiger charge is -2.48. The molecule has 0 amide bonds. The molecule has 0 aromatic heterocycles. The van der Waals surface area contributed by atoms with Crippen LogP contribution >= 0.6 is 0 Å². The van der Waals surface area contributed by atoms with Gasteiger partial charge in [-0.2, -0.15) is 0 Å². The minimum absolute atomic E-state index is 0.0849. The topological polar surface area (TPSA) is 320 Å². The number of carbonyl (C=O) groups is 1. The minimum atomic E-state index is -1.66. The van der Waals surface area contributed by atoms with E-state index in [1.54, 1.807) is 0 Å². The minimum Gasteiger partial charge on any atom is -0.481 e. The Morgan fingerprint density at radius 2 is 1.17 bits per heavy atom. The van der Waals surface area contributed by atoms with Gasteiger partial charge in [0.2, 0.25) is 0 Å². The lowest BCUT2D eigenvalue weighted by Crippen LogP contribution is -2.68. The number of unbranched alkanes of at least 4 members (excludes halogenated alkanes) is 8. The molecule has 0 radical (unpaired) electrons. The van der Waals surface area contributed by atoms with Crippen LogP contribution in [0.25, 0.3) is 0 Å². The summed E-state index contributed by atoms with van der Waals surface area (Å²) in [4.78, 5) is 10.2. The molecule has 0 bridgehead atoms. The second kappa shape index (κ2) is 21.2. The highest BCUT2D eigenvalue weighted by molar-refractivity contribution is 5.66. The van der Waals surface area contributed by atoms with E-state index in [4.69, 9.17) is 47.0 Å². The van der Waals surface area contributed by atoms with E-state index in [1.165, 1.54) is 44.9 Å². The van der Waals surface area contributed by atoms with Crippen LogP contribution in [0.5, 0.6) is 0 Å². The quantitative estimate of drug-likeness (QED) is 0.0708. The fourth-order valence-corrected chi connectivity index (χ4v) is 5.99. The number of carboxylic acid groups (broad SMARTS) is 1. The third-order valence-electron chi connectivity index (χ3n) is 8.98. The number of aliphatic hydroxyl groups excluding tert-OH is 7. The zero-order valence-electron chi connectivity index (χ0n) is 27.3. The third-order valence-corrected chi connectivity index (χ3v) is 8.98. The van der Waals surface area contributed by atoms with Crippen LogP contribution in [0.15, 0.2) is 0 Å². The number of hydrogen-bond acceptors (Lipinski definition) is 16. The summed E-state index contributed by atoms with van der Waals surface area (Å²) in [5, 5.41) is 79.3. The maximum atomic E-state index is 10.9. The summed E-state index contributed by atoms with van der Waals surface area (Å²) in [6.45, 7) is 1.46. The zero-order valence-corrected chi connectivity index (χ0v) is 27.3. The van der Waals surface area contributed by atoms with Crippen LogP contribution in [0.3, 0.4) is 0 Å². The monoisotopic (exact) mass is 684 g/mol. The Morgan fingerprint density at radius 3 is 1.66 bits per heavy atom. The number of carboxylic acids is 1. The molecule has 47 heavy (non-hydrogen) atoms. The Morgan fingerprint density at radius 1 is 0.681 bits per heavy atom. The van der Waals surface area contributed by atoms with Crippen molar-refractivity contribution in [3.05, 3.63) is 0 Å². The van der Waals surface area contributed by atoms with E-state index in [2.05, 4.69) is 6.92 Å². The van der Waals surface area contributed by atoms with Crippen molar-refractivity contribution in [3.63, 3.8) is 0 Å². The second-order valence-corrected chi connectivity index (χ2v) is 12.8. The van der Waals surface area contributed by atoms with Crippen molar-refractivity contribution >= 4 is 5.97 Å². The van der Waals surface area contributed by atoms with Gasteiger partial charge in [0.25, 0.3) is 0 Å². The summed E-state index contributed by atoms with van der Waals surface area (Å²) < 4.78 is 22.2. The fraction of sp³-hybridized carbons (Fsp3) is 0.967. The van der Waals surface area contributed by atoms with Gasteiger partial charge in [-0.3, -0.25) is 4.79 Å². The number of nitrogens with two attached hydrogens (primary N) is 4. The first-order chi connectivity index (χ1) is 22.3. The maximum Gasteiger partial charge on any atom is 0.303 e. The first-order valence-electron chi connectivity index (χ1n) is 16.8. The van der Waals surface area contributed by atoms with Crippen molar-refractivity contribution < 1.29 is 64.6 Å². The van der Waals surface area contributed by atoms with Gasteiger partial charge in [-0.25, -0.2) is 0 Å². The predicted molar refractivity (Wildman–Crippen MR) is 167 cm³/mol. The van der Waals surface area contributed by atoms with E-state index in [9.17, 15) is 40.5 Å². The van der Waals surface area contributed by atoms with Crippen molar-refractivity contribution in [1.29, 1.82) is 0 Å². The van der Waals surface area contributed by atoms with E-state index >= 15 is 0 Å². The highest BCUT2D eigenvalue weighted by atomic mass is 16.7. The second-order valence-electron chi connectivity index (χ2n) is 12.8. The molecule has 3 fully saturated rings. The van der Waals surface area contributed by atoms with Gasteiger partial charge in [0.1, 0.15) is 61.0 Å². The number of aliphatic carboxylic acids is 1.